The van der Waals surface area contributed by atoms with E-state index in [-0.39, 0.29) is 24.9 Å². The van der Waals surface area contributed by atoms with Gasteiger partial charge in [0.1, 0.15) is 19.3 Å². The number of rotatable bonds is 56. The number of carbonyl (C=O) groups is 2. The molecule has 0 saturated carbocycles. The van der Waals surface area contributed by atoms with Crippen LogP contribution in [-0.4, -0.2) is 69.4 Å². The first-order valence-electron chi connectivity index (χ1n) is 31.2. The largest absolute Gasteiger partial charge is 0.756 e. The lowest BCUT2D eigenvalue weighted by Gasteiger charge is -2.30. The van der Waals surface area contributed by atoms with Crippen molar-refractivity contribution in [2.45, 2.75) is 290 Å². The van der Waals surface area contributed by atoms with E-state index in [1.54, 1.807) is 0 Å². The van der Waals surface area contributed by atoms with Crippen molar-refractivity contribution in [3.63, 3.8) is 0 Å². The zero-order chi connectivity index (χ0) is 55.0. The van der Waals surface area contributed by atoms with Crippen LogP contribution in [0.1, 0.15) is 278 Å². The molecule has 0 fully saturated rings. The van der Waals surface area contributed by atoms with E-state index in [0.29, 0.717) is 17.4 Å². The molecule has 0 bridgehead atoms. The Bertz CT molecular complexity index is 1510. The van der Waals surface area contributed by atoms with Crippen LogP contribution in [-0.2, 0) is 27.9 Å². The fraction of sp³-hybridized carbons (Fsp3) is 0.785. The van der Waals surface area contributed by atoms with Crippen LogP contribution in [0.3, 0.4) is 0 Å². The number of hydrogen-bond acceptors (Lipinski definition) is 7. The second kappa shape index (κ2) is 54.8. The Kier molecular flexibility index (Phi) is 52.9. The van der Waals surface area contributed by atoms with Crippen LogP contribution in [0, 0.1) is 0 Å². The van der Waals surface area contributed by atoms with Crippen molar-refractivity contribution in [1.82, 2.24) is 5.32 Å². The summed E-state index contributed by atoms with van der Waals surface area (Å²) in [6.45, 7) is 6.73. The Morgan fingerprint density at radius 2 is 0.853 bits per heavy atom. The number of quaternary nitrogens is 1. The third kappa shape index (κ3) is 56.0. The van der Waals surface area contributed by atoms with Gasteiger partial charge in [0, 0.05) is 12.8 Å². The molecule has 0 aromatic carbocycles. The van der Waals surface area contributed by atoms with Crippen LogP contribution in [0.5, 0.6) is 0 Å². The summed E-state index contributed by atoms with van der Waals surface area (Å²) in [5, 5.41) is 3.03. The van der Waals surface area contributed by atoms with E-state index >= 15 is 0 Å². The van der Waals surface area contributed by atoms with Crippen LogP contribution in [0.25, 0.3) is 0 Å². The highest BCUT2D eigenvalue weighted by molar-refractivity contribution is 7.45. The molecule has 3 unspecified atom stereocenters. The number of amides is 1. The molecular weight excluding hydrogens is 952 g/mol. The molecule has 0 aliphatic heterocycles. The zero-order valence-corrected chi connectivity index (χ0v) is 50.6. The lowest BCUT2D eigenvalue weighted by Crippen LogP contribution is -2.47. The van der Waals surface area contributed by atoms with Gasteiger partial charge in [-0.15, -0.1) is 0 Å². The third-order valence-corrected chi connectivity index (χ3v) is 14.6. The van der Waals surface area contributed by atoms with Crippen molar-refractivity contribution in [1.29, 1.82) is 0 Å². The molecule has 0 aliphatic carbocycles. The summed E-state index contributed by atoms with van der Waals surface area (Å²) >= 11 is 0. The summed E-state index contributed by atoms with van der Waals surface area (Å²) in [6, 6.07) is -0.891. The summed E-state index contributed by atoms with van der Waals surface area (Å²) in [6.07, 6.45) is 70.1. The number of phosphoric ester groups is 1. The monoisotopic (exact) mass is 1070 g/mol. The van der Waals surface area contributed by atoms with Crippen LogP contribution in [0.4, 0.5) is 0 Å². The first-order chi connectivity index (χ1) is 36.4. The fourth-order valence-electron chi connectivity index (χ4n) is 8.84. The molecule has 10 heteroatoms. The van der Waals surface area contributed by atoms with Gasteiger partial charge in [-0.05, 0) is 76.7 Å². The normalized spacial score (nSPS) is 14.2. The van der Waals surface area contributed by atoms with Crippen molar-refractivity contribution in [3.8, 4) is 0 Å². The van der Waals surface area contributed by atoms with E-state index in [9.17, 15) is 19.0 Å². The van der Waals surface area contributed by atoms with E-state index in [1.807, 2.05) is 33.3 Å². The van der Waals surface area contributed by atoms with Crippen molar-refractivity contribution in [2.24, 2.45) is 0 Å². The van der Waals surface area contributed by atoms with Crippen LogP contribution in [0.2, 0.25) is 0 Å². The highest BCUT2D eigenvalue weighted by Crippen LogP contribution is 2.38. The summed E-state index contributed by atoms with van der Waals surface area (Å²) < 4.78 is 30.3. The maximum Gasteiger partial charge on any atom is 0.306 e. The number of phosphoric acid groups is 1. The van der Waals surface area contributed by atoms with Crippen molar-refractivity contribution in [3.05, 3.63) is 72.9 Å². The minimum absolute atomic E-state index is 0.0245. The van der Waals surface area contributed by atoms with Crippen molar-refractivity contribution >= 4 is 19.7 Å². The van der Waals surface area contributed by atoms with E-state index in [2.05, 4.69) is 86.8 Å². The first-order valence-corrected chi connectivity index (χ1v) is 32.7. The second-order valence-corrected chi connectivity index (χ2v) is 23.6. The maximum atomic E-state index is 13.5. The standard InChI is InChI=1S/C65H119N2O7P/c1-7-10-13-16-19-22-25-27-28-29-30-31-32-33-34-35-36-37-38-40-43-45-48-51-54-57-64(68)66-62(61-73-75(70,71)72-60-59-67(4,5)6)63(56-53-50-47-44-42-39-26-23-20-17-14-11-8-2)74-65(69)58-55-52-49-46-41-24-21-18-15-12-9-3/h10,13,19,22,27-28,30-31,33-34,53,56,62-63H,7-9,11-12,14-18,20-21,23-26,29,32,35-52,54-55,57-61H2,1-6H3,(H-,66,68,70,71)/b13-10-,22-19-,28-27-,31-30-,34-33-,56-53+. The third-order valence-electron chi connectivity index (χ3n) is 13.7. The Labute approximate surface area is 463 Å². The molecule has 0 saturated heterocycles. The van der Waals surface area contributed by atoms with E-state index < -0.39 is 26.6 Å². The van der Waals surface area contributed by atoms with Crippen LogP contribution < -0.4 is 10.2 Å². The average Bonchev–Trinajstić information content (AvgIpc) is 3.37. The molecule has 1 amide bonds. The van der Waals surface area contributed by atoms with Gasteiger partial charge in [-0.25, -0.2) is 0 Å². The number of likely N-dealkylation sites (N-methyl/N-ethyl adjacent to an activating group) is 1. The van der Waals surface area contributed by atoms with Gasteiger partial charge in [-0.1, -0.05) is 261 Å². The number of carbonyl (C=O) groups excluding carboxylic acids is 2. The fourth-order valence-corrected chi connectivity index (χ4v) is 9.57. The molecule has 0 rings (SSSR count). The number of nitrogens with one attached hydrogen (secondary N) is 1. The lowest BCUT2D eigenvalue weighted by atomic mass is 10.0. The van der Waals surface area contributed by atoms with Crippen LogP contribution >= 0.6 is 7.82 Å². The summed E-state index contributed by atoms with van der Waals surface area (Å²) in [5.74, 6) is -0.544. The minimum atomic E-state index is -4.70. The van der Waals surface area contributed by atoms with Crippen LogP contribution in [0.15, 0.2) is 72.9 Å². The molecule has 0 spiro atoms. The van der Waals surface area contributed by atoms with Gasteiger partial charge in [0.05, 0.1) is 33.8 Å². The molecule has 3 atom stereocenters. The Morgan fingerprint density at radius 1 is 0.480 bits per heavy atom. The molecule has 0 aliphatic rings. The van der Waals surface area contributed by atoms with Crippen molar-refractivity contribution < 1.29 is 37.3 Å². The zero-order valence-electron chi connectivity index (χ0n) is 49.7. The van der Waals surface area contributed by atoms with Gasteiger partial charge in [-0.2, -0.15) is 0 Å². The highest BCUT2D eigenvalue weighted by atomic mass is 31.2. The molecule has 9 nitrogen and oxygen atoms in total. The topological polar surface area (TPSA) is 114 Å². The number of nitrogens with zero attached hydrogens (tertiary/aromatic N) is 1. The number of esters is 1. The number of allylic oxidation sites excluding steroid dienone is 11. The second-order valence-electron chi connectivity index (χ2n) is 22.2. The molecule has 0 radical (unpaired) electrons. The lowest BCUT2D eigenvalue weighted by molar-refractivity contribution is -0.870. The summed E-state index contributed by atoms with van der Waals surface area (Å²) in [4.78, 5) is 39.9. The van der Waals surface area contributed by atoms with Gasteiger partial charge in [0.25, 0.3) is 7.82 Å². The quantitative estimate of drug-likeness (QED) is 0.0212. The Balaban J connectivity index is 5.14. The van der Waals surface area contributed by atoms with E-state index in [0.717, 1.165) is 103 Å². The number of ether oxygens (including phenoxy) is 1. The SMILES string of the molecule is CC/C=C\C/C=C\C/C=C\C/C=C\C/C=C\CCCCCCCCCCCC(=O)NC(COP(=O)([O-])OCC[N+](C)(C)C)C(/C=C/CCCCCCCCCCCCC)OC(=O)CCCCCCCCCCCCC. The van der Waals surface area contributed by atoms with Gasteiger partial charge in [-0.3, -0.25) is 14.2 Å². The van der Waals surface area contributed by atoms with Gasteiger partial charge in [0.2, 0.25) is 5.91 Å². The highest BCUT2D eigenvalue weighted by Gasteiger charge is 2.27. The smallest absolute Gasteiger partial charge is 0.306 e. The average molecular weight is 1070 g/mol. The van der Waals surface area contributed by atoms with Gasteiger partial charge in [0.15, 0.2) is 0 Å². The Hall–Kier alpha value is -2.55. The molecule has 436 valence electrons. The number of hydrogen-bond donors (Lipinski definition) is 1. The van der Waals surface area contributed by atoms with Gasteiger partial charge < -0.3 is 28.5 Å². The molecule has 0 aromatic heterocycles. The molecule has 0 aromatic rings. The molecule has 75 heavy (non-hydrogen) atoms. The molecule has 1 N–H and O–H groups in total. The first kappa shape index (κ1) is 72.5. The maximum absolute atomic E-state index is 13.5. The molecular formula is C65H119N2O7P. The number of unbranched alkanes of at least 4 members (excludes halogenated alkanes) is 30. The minimum Gasteiger partial charge on any atom is -0.756 e. The summed E-state index contributed by atoms with van der Waals surface area (Å²) in [7, 11) is 1.18. The Morgan fingerprint density at radius 3 is 1.28 bits per heavy atom. The predicted molar refractivity (Wildman–Crippen MR) is 321 cm³/mol. The molecule has 0 heterocycles. The van der Waals surface area contributed by atoms with E-state index in [1.165, 1.54) is 141 Å². The summed E-state index contributed by atoms with van der Waals surface area (Å²) in [5.41, 5.74) is 0. The van der Waals surface area contributed by atoms with Crippen molar-refractivity contribution in [2.75, 3.05) is 40.9 Å². The predicted octanol–water partition coefficient (Wildman–Crippen LogP) is 18.6. The van der Waals surface area contributed by atoms with Gasteiger partial charge >= 0.3 is 5.97 Å². The van der Waals surface area contributed by atoms with E-state index in [4.69, 9.17) is 13.8 Å².